The Morgan fingerprint density at radius 2 is 1.00 bits per heavy atom. The fourth-order valence-corrected chi connectivity index (χ4v) is 5.30. The third-order valence-electron chi connectivity index (χ3n) is 7.00. The van der Waals surface area contributed by atoms with Gasteiger partial charge in [-0.25, -0.2) is 0 Å². The van der Waals surface area contributed by atoms with Gasteiger partial charge in [0.05, 0.1) is 0 Å². The van der Waals surface area contributed by atoms with Crippen molar-refractivity contribution in [1.29, 1.82) is 0 Å². The monoisotopic (exact) mass is 426 g/mol. The van der Waals surface area contributed by atoms with E-state index in [1.807, 2.05) is 0 Å². The van der Waals surface area contributed by atoms with Gasteiger partial charge in [-0.1, -0.05) is 6.42 Å². The zero-order valence-electron chi connectivity index (χ0n) is 21.4. The van der Waals surface area contributed by atoms with Crippen LogP contribution in [-0.4, -0.2) is 216 Å². The zero-order valence-corrected chi connectivity index (χ0v) is 21.4. The van der Waals surface area contributed by atoms with Gasteiger partial charge in [0.1, 0.15) is 0 Å². The van der Waals surface area contributed by atoms with Gasteiger partial charge in [0.25, 0.3) is 0 Å². The quantitative estimate of drug-likeness (QED) is 0.273. The minimum absolute atomic E-state index is 0.331. The van der Waals surface area contributed by atoms with Crippen LogP contribution in [-0.2, 0) is 0 Å². The topological polar surface area (TPSA) is 32.3 Å². The van der Waals surface area contributed by atoms with Gasteiger partial charge in [-0.15, -0.1) is 0 Å². The van der Waals surface area contributed by atoms with Crippen LogP contribution in [0.25, 0.3) is 0 Å². The van der Waals surface area contributed by atoms with E-state index in [0.29, 0.717) is 12.6 Å². The minimum atomic E-state index is -0.994. The molecule has 1 heterocycles. The summed E-state index contributed by atoms with van der Waals surface area (Å²) in [4.78, 5) is 0. The highest BCUT2D eigenvalue weighted by molar-refractivity contribution is 8.25. The molecule has 1 saturated heterocycles. The first-order valence-electron chi connectivity index (χ1n) is 12.4. The van der Waals surface area contributed by atoms with E-state index in [1.165, 1.54) is 26.3 Å². The highest BCUT2D eigenvalue weighted by Gasteiger charge is 2.50. The van der Waals surface area contributed by atoms with Gasteiger partial charge < -0.3 is 10.4 Å². The summed E-state index contributed by atoms with van der Waals surface area (Å²) in [6, 6.07) is 0.601. The Balaban J connectivity index is 0.00000113. The van der Waals surface area contributed by atoms with Crippen molar-refractivity contribution in [3.05, 3.63) is 0 Å². The van der Waals surface area contributed by atoms with Crippen LogP contribution in [0.4, 0.5) is 0 Å². The van der Waals surface area contributed by atoms with Crippen molar-refractivity contribution in [2.24, 2.45) is 0 Å². The summed E-state index contributed by atoms with van der Waals surface area (Å²) in [6.45, 7) is 1.47. The largest absolute Gasteiger partial charge is 0.396 e. The maximum absolute atomic E-state index is 8.58. The smallest absolute Gasteiger partial charge is 0.0445 e. The van der Waals surface area contributed by atoms with Gasteiger partial charge in [-0.2, -0.15) is 0 Å². The molecule has 0 amide bonds. The molecule has 1 atom stereocenters. The van der Waals surface area contributed by atoms with Crippen molar-refractivity contribution in [3.63, 3.8) is 0 Å². The second-order valence-electron chi connectivity index (χ2n) is 9.78. The normalized spacial score (nSPS) is 14.1. The Morgan fingerprint density at radius 1 is 0.611 bits per heavy atom. The standard InChI is InChI=1S/C7H15NO.B27/c9-6-4-7-3-1-2-5-8-7;1-15-22(14)26(23(16(2)3)17(4)5)27(24(18(6)7)19(8)9)25(20(10)11)21(12)13/h7-9H,1-6H2;. The zero-order chi connectivity index (χ0) is 28.2. The predicted molar refractivity (Wildman–Crippen MR) is 193 cm³/mol. The summed E-state index contributed by atoms with van der Waals surface area (Å²) in [5.41, 5.74) is 0. The Morgan fingerprint density at radius 3 is 1.28 bits per heavy atom. The molecule has 0 bridgehead atoms. The summed E-state index contributed by atoms with van der Waals surface area (Å²) in [6.07, 6.45) is -5.71. The average molecular weight is 421 g/mol. The SMILES string of the molecule is OCCC1CCCCN1.[B][B]B([B])B(B(B([B])[B])B([B])[B])B(B(B([B])[B])B([B])[B])B(B([B])[B])B([B])[B]. The first kappa shape index (κ1) is 37.7. The van der Waals surface area contributed by atoms with E-state index in [-0.39, 0.29) is 0 Å². The van der Waals surface area contributed by atoms with Gasteiger partial charge in [-0.05, 0) is 25.8 Å². The number of aliphatic hydroxyl groups excluding tert-OH is 1. The molecule has 1 aliphatic rings. The number of aliphatic hydroxyl groups is 1. The summed E-state index contributed by atoms with van der Waals surface area (Å²) in [5.74, 6) is 0. The molecule has 2 N–H and O–H groups in total. The lowest BCUT2D eigenvalue weighted by molar-refractivity contribution is 0.250. The van der Waals surface area contributed by atoms with Crippen LogP contribution in [0.2, 0.25) is 0 Å². The van der Waals surface area contributed by atoms with Gasteiger partial charge in [0.15, 0.2) is 0 Å². The van der Waals surface area contributed by atoms with E-state index in [4.69, 9.17) is 113 Å². The molecule has 2 nitrogen and oxygen atoms in total. The summed E-state index contributed by atoms with van der Waals surface area (Å²) < 4.78 is 0. The van der Waals surface area contributed by atoms with Gasteiger partial charge >= 0.3 is 0 Å². The molecule has 0 saturated carbocycles. The van der Waals surface area contributed by atoms with E-state index in [0.717, 1.165) is 13.0 Å². The van der Waals surface area contributed by atoms with E-state index >= 15 is 0 Å². The third kappa shape index (κ3) is 12.5. The Kier molecular flexibility index (Phi) is 20.6. The van der Waals surface area contributed by atoms with Crippen LogP contribution in [0.1, 0.15) is 25.7 Å². The maximum Gasteiger partial charge on any atom is 0.0445 e. The molecular weight excluding hydrogens is 406 g/mol. The van der Waals surface area contributed by atoms with Crippen molar-refractivity contribution in [1.82, 2.24) is 5.32 Å². The van der Waals surface area contributed by atoms with Crippen LogP contribution in [0.5, 0.6) is 0 Å². The van der Waals surface area contributed by atoms with Crippen LogP contribution in [0.15, 0.2) is 0 Å². The van der Waals surface area contributed by atoms with Gasteiger partial charge in [0.2, 0.25) is 0 Å². The molecule has 1 rings (SSSR count). The highest BCUT2D eigenvalue weighted by atomic mass is 16.3. The summed E-state index contributed by atoms with van der Waals surface area (Å²) in [5, 5.41) is 11.9. The van der Waals surface area contributed by atoms with Crippen LogP contribution in [0, 0.1) is 0 Å². The highest BCUT2D eigenvalue weighted by Crippen LogP contribution is 2.12. The number of rotatable bonds is 14. The van der Waals surface area contributed by atoms with Crippen molar-refractivity contribution >= 4 is 192 Å². The Labute approximate surface area is 246 Å². The van der Waals surface area contributed by atoms with E-state index in [9.17, 15) is 0 Å². The molecule has 29 radical (unpaired) electrons. The summed E-state index contributed by atoms with van der Waals surface area (Å²) in [7, 11) is 84.5. The molecule has 0 aromatic heterocycles. The molecular formula is C7H15B27NO. The number of piperidine rings is 1. The molecule has 0 aliphatic carbocycles. The molecule has 0 aromatic carbocycles. The molecule has 0 aromatic rings. The molecule has 1 fully saturated rings. The van der Waals surface area contributed by atoms with Crippen molar-refractivity contribution in [3.8, 4) is 0 Å². The van der Waals surface area contributed by atoms with Crippen LogP contribution >= 0.6 is 0 Å². The fraction of sp³-hybridized carbons (Fsp3) is 1.00. The molecule has 29 heteroatoms. The summed E-state index contributed by atoms with van der Waals surface area (Å²) >= 11 is 0. The Bertz CT molecular complexity index is 495. The number of nitrogens with one attached hydrogen (secondary N) is 1. The predicted octanol–water partition coefficient (Wildman–Crippen LogP) is -9.77. The molecule has 135 valence electrons. The van der Waals surface area contributed by atoms with E-state index < -0.39 is 76.6 Å². The minimum Gasteiger partial charge on any atom is -0.396 e. The first-order valence-corrected chi connectivity index (χ1v) is 12.4. The maximum atomic E-state index is 8.58. The van der Waals surface area contributed by atoms with Crippen LogP contribution in [0.3, 0.4) is 0 Å². The fourth-order valence-electron chi connectivity index (χ4n) is 5.30. The van der Waals surface area contributed by atoms with Crippen molar-refractivity contribution in [2.75, 3.05) is 13.2 Å². The first-order chi connectivity index (χ1) is 16.7. The second kappa shape index (κ2) is 19.7. The Hall–Kier alpha value is 1.67. The lowest BCUT2D eigenvalue weighted by atomic mass is 8.33. The van der Waals surface area contributed by atoms with Crippen LogP contribution < -0.4 is 5.32 Å². The van der Waals surface area contributed by atoms with Gasteiger partial charge in [-0.3, -0.25) is 0 Å². The number of hydrogen-bond donors (Lipinski definition) is 2. The second-order valence-corrected chi connectivity index (χ2v) is 9.78. The van der Waals surface area contributed by atoms with E-state index in [2.05, 4.69) is 5.32 Å². The van der Waals surface area contributed by atoms with Gasteiger partial charge in [0, 0.05) is 205 Å². The molecule has 0 spiro atoms. The molecule has 1 aliphatic heterocycles. The van der Waals surface area contributed by atoms with Crippen molar-refractivity contribution in [2.45, 2.75) is 31.7 Å². The molecule has 36 heavy (non-hydrogen) atoms. The third-order valence-corrected chi connectivity index (χ3v) is 7.00. The van der Waals surface area contributed by atoms with Crippen molar-refractivity contribution < 1.29 is 5.11 Å². The van der Waals surface area contributed by atoms with E-state index in [1.54, 1.807) is 0 Å². The number of hydrogen-bond acceptors (Lipinski definition) is 2. The lowest BCUT2D eigenvalue weighted by Crippen LogP contribution is -2.86. The lowest BCUT2D eigenvalue weighted by Gasteiger charge is -2.48. The molecule has 1 unspecified atom stereocenters. The average Bonchev–Trinajstić information content (AvgIpc) is 2.76.